The number of carbonyl (C=O) groups excluding carboxylic acids is 1. The fourth-order valence-electron chi connectivity index (χ4n) is 4.92. The smallest absolute Gasteiger partial charge is 0.267 e. The summed E-state index contributed by atoms with van der Waals surface area (Å²) in [5, 5.41) is 13.1. The number of carbonyl (C=O) groups is 1. The lowest BCUT2D eigenvalue weighted by Gasteiger charge is -2.21. The molecule has 0 rings (SSSR count). The minimum Gasteiger partial charge on any atom is -0.387 e. The molecule has 2 unspecified atom stereocenters. The molecule has 0 aliphatic heterocycles. The van der Waals surface area contributed by atoms with Crippen LogP contribution in [0.15, 0.2) is 60.8 Å². The number of aliphatic hydroxyl groups is 1. The Morgan fingerprint density at radius 3 is 1.53 bits per heavy atom. The molecule has 0 radical (unpaired) electrons. The standard InChI is InChI=1S/C38H67NO5S/c1-3-5-7-9-11-13-15-17-18-19-20-22-24-26-28-30-32-34-38(41)39-36(35-45(42,43)44)37(40)33-31-29-27-25-23-21-16-14-12-10-8-6-4-2/h11-14,17-18,23,25,31,33,36-37,40H,3-10,15-16,19-22,24,26-30,32,34-35H2,1-2H3,(H,39,41)(H,42,43,44)/b13-11-,14-12+,18-17-,25-23+,33-31+. The van der Waals surface area contributed by atoms with Gasteiger partial charge in [-0.05, 0) is 77.0 Å². The topological polar surface area (TPSA) is 104 Å². The molecule has 1 amide bonds. The molecular formula is C38H67NO5S. The molecule has 0 saturated heterocycles. The van der Waals surface area contributed by atoms with Crippen molar-refractivity contribution < 1.29 is 22.9 Å². The van der Waals surface area contributed by atoms with Gasteiger partial charge >= 0.3 is 0 Å². The third-order valence-electron chi connectivity index (χ3n) is 7.64. The molecule has 0 fully saturated rings. The number of rotatable bonds is 31. The van der Waals surface area contributed by atoms with Crippen LogP contribution in [-0.2, 0) is 14.9 Å². The highest BCUT2D eigenvalue weighted by Gasteiger charge is 2.24. The van der Waals surface area contributed by atoms with Crippen LogP contribution in [0.2, 0.25) is 0 Å². The first-order chi connectivity index (χ1) is 21.8. The summed E-state index contributed by atoms with van der Waals surface area (Å²) >= 11 is 0. The largest absolute Gasteiger partial charge is 0.387 e. The zero-order chi connectivity index (χ0) is 33.3. The number of aliphatic hydroxyl groups excluding tert-OH is 1. The quantitative estimate of drug-likeness (QED) is 0.0394. The van der Waals surface area contributed by atoms with Crippen molar-refractivity contribution in [3.05, 3.63) is 60.8 Å². The second kappa shape index (κ2) is 32.0. The maximum atomic E-state index is 12.4. The lowest BCUT2D eigenvalue weighted by molar-refractivity contribution is -0.122. The van der Waals surface area contributed by atoms with Crippen molar-refractivity contribution in [3.8, 4) is 0 Å². The molecule has 0 aromatic heterocycles. The predicted molar refractivity (Wildman–Crippen MR) is 193 cm³/mol. The van der Waals surface area contributed by atoms with E-state index in [0.717, 1.165) is 57.8 Å². The first kappa shape index (κ1) is 43.0. The average Bonchev–Trinajstić information content (AvgIpc) is 3.00. The average molecular weight is 650 g/mol. The van der Waals surface area contributed by atoms with E-state index in [1.807, 2.05) is 0 Å². The van der Waals surface area contributed by atoms with E-state index < -0.39 is 28.0 Å². The molecule has 7 heteroatoms. The van der Waals surface area contributed by atoms with Gasteiger partial charge in [0.1, 0.15) is 0 Å². The summed E-state index contributed by atoms with van der Waals surface area (Å²) in [5.41, 5.74) is 0. The molecule has 0 aromatic carbocycles. The highest BCUT2D eigenvalue weighted by Crippen LogP contribution is 2.11. The fourth-order valence-corrected chi connectivity index (χ4v) is 5.65. The van der Waals surface area contributed by atoms with Crippen molar-refractivity contribution in [2.45, 2.75) is 167 Å². The number of unbranched alkanes of at least 4 members (excludes halogenated alkanes) is 15. The van der Waals surface area contributed by atoms with E-state index in [0.29, 0.717) is 12.8 Å². The molecular weight excluding hydrogens is 582 g/mol. The van der Waals surface area contributed by atoms with Crippen molar-refractivity contribution >= 4 is 16.0 Å². The van der Waals surface area contributed by atoms with Gasteiger partial charge in [0.2, 0.25) is 5.91 Å². The van der Waals surface area contributed by atoms with Crippen molar-refractivity contribution in [2.24, 2.45) is 0 Å². The highest BCUT2D eigenvalue weighted by molar-refractivity contribution is 7.85. The van der Waals surface area contributed by atoms with Crippen molar-refractivity contribution in [1.29, 1.82) is 0 Å². The van der Waals surface area contributed by atoms with Crippen LogP contribution in [0.4, 0.5) is 0 Å². The van der Waals surface area contributed by atoms with E-state index in [9.17, 15) is 22.9 Å². The van der Waals surface area contributed by atoms with Gasteiger partial charge in [-0.2, -0.15) is 8.42 Å². The summed E-state index contributed by atoms with van der Waals surface area (Å²) in [7, 11) is -4.36. The molecule has 0 aliphatic carbocycles. The Balaban J connectivity index is 4.08. The lowest BCUT2D eigenvalue weighted by atomic mass is 10.1. The zero-order valence-corrected chi connectivity index (χ0v) is 29.5. The Hall–Kier alpha value is -1.96. The van der Waals surface area contributed by atoms with Gasteiger partial charge in [-0.1, -0.05) is 132 Å². The third-order valence-corrected chi connectivity index (χ3v) is 8.42. The molecule has 0 saturated carbocycles. The van der Waals surface area contributed by atoms with Gasteiger partial charge in [0.15, 0.2) is 0 Å². The van der Waals surface area contributed by atoms with E-state index in [2.05, 4.69) is 67.8 Å². The number of hydrogen-bond acceptors (Lipinski definition) is 4. The SMILES string of the molecule is CCCCC/C=C\C/C=C\CCCCCCCCCC(=O)NC(CS(=O)(=O)O)C(O)/C=C/CC/C=C/CC/C=C/CCCCC. The van der Waals surface area contributed by atoms with E-state index in [4.69, 9.17) is 0 Å². The molecule has 2 atom stereocenters. The second-order valence-electron chi connectivity index (χ2n) is 12.1. The fraction of sp³-hybridized carbons (Fsp3) is 0.711. The molecule has 0 aromatic rings. The van der Waals surface area contributed by atoms with E-state index in [1.54, 1.807) is 6.08 Å². The molecule has 0 bridgehead atoms. The van der Waals surface area contributed by atoms with E-state index in [1.165, 1.54) is 70.3 Å². The highest BCUT2D eigenvalue weighted by atomic mass is 32.2. The Kier molecular flexibility index (Phi) is 30.6. The van der Waals surface area contributed by atoms with Crippen LogP contribution < -0.4 is 5.32 Å². The van der Waals surface area contributed by atoms with E-state index >= 15 is 0 Å². The summed E-state index contributed by atoms with van der Waals surface area (Å²) in [6, 6.07) is -1.08. The van der Waals surface area contributed by atoms with Gasteiger partial charge in [-0.15, -0.1) is 0 Å². The normalized spacial score (nSPS) is 14.1. The summed E-state index contributed by atoms with van der Waals surface area (Å²) in [4.78, 5) is 12.4. The summed E-state index contributed by atoms with van der Waals surface area (Å²) in [5.74, 6) is -1.03. The van der Waals surface area contributed by atoms with Crippen molar-refractivity contribution in [3.63, 3.8) is 0 Å². The summed E-state index contributed by atoms with van der Waals surface area (Å²) < 4.78 is 32.3. The molecule has 0 spiro atoms. The molecule has 3 N–H and O–H groups in total. The minimum absolute atomic E-state index is 0.273. The van der Waals surface area contributed by atoms with Crippen molar-refractivity contribution in [2.75, 3.05) is 5.75 Å². The molecule has 0 aliphatic rings. The van der Waals surface area contributed by atoms with Crippen LogP contribution in [0.25, 0.3) is 0 Å². The predicted octanol–water partition coefficient (Wildman–Crippen LogP) is 10.1. The maximum absolute atomic E-state index is 12.4. The number of amides is 1. The van der Waals surface area contributed by atoms with Gasteiger partial charge < -0.3 is 10.4 Å². The van der Waals surface area contributed by atoms with Gasteiger partial charge in [0.05, 0.1) is 17.9 Å². The summed E-state index contributed by atoms with van der Waals surface area (Å²) in [6.45, 7) is 4.44. The molecule has 6 nitrogen and oxygen atoms in total. The number of allylic oxidation sites excluding steroid dienone is 9. The van der Waals surface area contributed by atoms with Crippen LogP contribution in [0, 0.1) is 0 Å². The Morgan fingerprint density at radius 2 is 1.02 bits per heavy atom. The zero-order valence-electron chi connectivity index (χ0n) is 28.7. The molecule has 260 valence electrons. The monoisotopic (exact) mass is 649 g/mol. The van der Waals surface area contributed by atoms with Crippen LogP contribution in [0.5, 0.6) is 0 Å². The van der Waals surface area contributed by atoms with Gasteiger partial charge in [0.25, 0.3) is 10.1 Å². The van der Waals surface area contributed by atoms with Crippen LogP contribution in [-0.4, -0.2) is 41.9 Å². The minimum atomic E-state index is -4.36. The first-order valence-electron chi connectivity index (χ1n) is 18.0. The van der Waals surface area contributed by atoms with Gasteiger partial charge in [-0.25, -0.2) is 0 Å². The van der Waals surface area contributed by atoms with Gasteiger partial charge in [-0.3, -0.25) is 9.35 Å². The summed E-state index contributed by atoms with van der Waals surface area (Å²) in [6.07, 6.45) is 43.4. The second-order valence-corrected chi connectivity index (χ2v) is 13.6. The van der Waals surface area contributed by atoms with Crippen molar-refractivity contribution in [1.82, 2.24) is 5.32 Å². The van der Waals surface area contributed by atoms with Crippen LogP contribution in [0.1, 0.15) is 155 Å². The number of hydrogen-bond donors (Lipinski definition) is 3. The Labute approximate surface area is 277 Å². The van der Waals surface area contributed by atoms with E-state index in [-0.39, 0.29) is 12.3 Å². The molecule has 45 heavy (non-hydrogen) atoms. The molecule has 0 heterocycles. The van der Waals surface area contributed by atoms with Crippen LogP contribution in [0.3, 0.4) is 0 Å². The first-order valence-corrected chi connectivity index (χ1v) is 19.6. The number of nitrogens with one attached hydrogen (secondary N) is 1. The maximum Gasteiger partial charge on any atom is 0.267 e. The third kappa shape index (κ3) is 33.2. The Morgan fingerprint density at radius 1 is 0.600 bits per heavy atom. The van der Waals surface area contributed by atoms with Gasteiger partial charge in [0, 0.05) is 6.42 Å². The van der Waals surface area contributed by atoms with Crippen LogP contribution >= 0.6 is 0 Å². The Bertz CT molecular complexity index is 936. The lowest BCUT2D eigenvalue weighted by Crippen LogP contribution is -2.46.